The van der Waals surface area contributed by atoms with E-state index in [1.807, 2.05) is 6.92 Å². The number of nitrogens with one attached hydrogen (secondary N) is 2. The Labute approximate surface area is 127 Å². The molecule has 0 amide bonds. The van der Waals surface area contributed by atoms with Crippen LogP contribution in [0, 0.1) is 12.7 Å². The van der Waals surface area contributed by atoms with Gasteiger partial charge in [-0.1, -0.05) is 6.92 Å². The summed E-state index contributed by atoms with van der Waals surface area (Å²) in [5, 5.41) is 4.94. The molecule has 1 aromatic carbocycles. The van der Waals surface area contributed by atoms with Gasteiger partial charge in [0.2, 0.25) is 0 Å². The molecule has 114 valence electrons. The van der Waals surface area contributed by atoms with E-state index in [4.69, 9.17) is 0 Å². The van der Waals surface area contributed by atoms with E-state index >= 15 is 0 Å². The van der Waals surface area contributed by atoms with Gasteiger partial charge in [0.1, 0.15) is 5.82 Å². The van der Waals surface area contributed by atoms with Crippen LogP contribution in [0.1, 0.15) is 18.1 Å². The molecule has 2 aromatic rings. The second kappa shape index (κ2) is 6.50. The van der Waals surface area contributed by atoms with Crippen LogP contribution in [0.4, 0.5) is 9.52 Å². The Morgan fingerprint density at radius 2 is 2.14 bits per heavy atom. The van der Waals surface area contributed by atoms with Crippen molar-refractivity contribution in [3.8, 4) is 0 Å². The Kier molecular flexibility index (Phi) is 4.92. The fourth-order valence-corrected chi connectivity index (χ4v) is 3.72. The van der Waals surface area contributed by atoms with Crippen LogP contribution in [0.5, 0.6) is 0 Å². The molecule has 8 heteroatoms. The lowest BCUT2D eigenvalue weighted by Crippen LogP contribution is -2.17. The van der Waals surface area contributed by atoms with E-state index in [-0.39, 0.29) is 22.4 Å². The second-order valence-corrected chi connectivity index (χ2v) is 7.01. The van der Waals surface area contributed by atoms with E-state index in [1.165, 1.54) is 29.7 Å². The van der Waals surface area contributed by atoms with Gasteiger partial charge in [-0.3, -0.25) is 4.72 Å². The third kappa shape index (κ3) is 3.78. The lowest BCUT2D eigenvalue weighted by Gasteiger charge is -2.11. The summed E-state index contributed by atoms with van der Waals surface area (Å²) in [5.74, 6) is -0.385. The molecule has 2 rings (SSSR count). The average Bonchev–Trinajstić information content (AvgIpc) is 2.92. The van der Waals surface area contributed by atoms with E-state index in [1.54, 1.807) is 12.3 Å². The smallest absolute Gasteiger partial charge is 0.263 e. The van der Waals surface area contributed by atoms with E-state index < -0.39 is 10.0 Å². The molecule has 0 aliphatic heterocycles. The van der Waals surface area contributed by atoms with Gasteiger partial charge in [0.05, 0.1) is 4.90 Å². The first-order valence-corrected chi connectivity index (χ1v) is 8.72. The molecular weight excluding hydrogens is 313 g/mol. The Morgan fingerprint density at radius 1 is 1.38 bits per heavy atom. The maximum absolute atomic E-state index is 14.0. The minimum Gasteiger partial charge on any atom is -0.313 e. The summed E-state index contributed by atoms with van der Waals surface area (Å²) in [4.78, 5) is 3.91. The Bertz CT molecular complexity index is 715. The Morgan fingerprint density at radius 3 is 2.76 bits per heavy atom. The number of aryl methyl sites for hydroxylation is 1. The maximum atomic E-state index is 14.0. The number of anilines is 1. The Hall–Kier alpha value is -1.51. The number of sulfonamides is 1. The zero-order valence-corrected chi connectivity index (χ0v) is 13.3. The summed E-state index contributed by atoms with van der Waals surface area (Å²) in [6.07, 6.45) is 1.51. The van der Waals surface area contributed by atoms with Crippen LogP contribution in [0.3, 0.4) is 0 Å². The van der Waals surface area contributed by atoms with Crippen LogP contribution < -0.4 is 10.0 Å². The molecule has 0 fully saturated rings. The molecule has 0 spiro atoms. The van der Waals surface area contributed by atoms with Crippen molar-refractivity contribution in [2.75, 3.05) is 11.3 Å². The summed E-state index contributed by atoms with van der Waals surface area (Å²) < 4.78 is 41.0. The first-order chi connectivity index (χ1) is 9.94. The van der Waals surface area contributed by atoms with Crippen LogP contribution in [-0.4, -0.2) is 19.9 Å². The van der Waals surface area contributed by atoms with Crippen LogP contribution in [-0.2, 0) is 16.6 Å². The summed E-state index contributed by atoms with van der Waals surface area (Å²) in [6, 6.07) is 2.67. The van der Waals surface area contributed by atoms with Crippen LogP contribution in [0.15, 0.2) is 28.6 Å². The zero-order chi connectivity index (χ0) is 15.5. The molecule has 0 bridgehead atoms. The summed E-state index contributed by atoms with van der Waals surface area (Å²) in [6.45, 7) is 4.40. The number of hydrogen-bond acceptors (Lipinski definition) is 5. The monoisotopic (exact) mass is 329 g/mol. The largest absolute Gasteiger partial charge is 0.313 e. The number of benzene rings is 1. The number of aromatic nitrogens is 1. The van der Waals surface area contributed by atoms with Crippen molar-refractivity contribution in [1.82, 2.24) is 10.3 Å². The van der Waals surface area contributed by atoms with Crippen molar-refractivity contribution in [1.29, 1.82) is 0 Å². The third-order valence-electron chi connectivity index (χ3n) is 2.83. The molecule has 0 saturated heterocycles. The van der Waals surface area contributed by atoms with Crippen LogP contribution >= 0.6 is 11.3 Å². The number of thiazole rings is 1. The highest BCUT2D eigenvalue weighted by atomic mass is 32.2. The number of halogens is 1. The molecule has 0 radical (unpaired) electrons. The fraction of sp³-hybridized carbons (Fsp3) is 0.308. The average molecular weight is 329 g/mol. The van der Waals surface area contributed by atoms with Gasteiger partial charge < -0.3 is 5.32 Å². The second-order valence-electron chi connectivity index (χ2n) is 4.44. The molecule has 0 aliphatic carbocycles. The molecule has 1 heterocycles. The van der Waals surface area contributed by atoms with Crippen molar-refractivity contribution in [2.45, 2.75) is 25.3 Å². The highest BCUT2D eigenvalue weighted by Gasteiger charge is 2.19. The van der Waals surface area contributed by atoms with E-state index in [0.29, 0.717) is 17.7 Å². The van der Waals surface area contributed by atoms with E-state index in [2.05, 4.69) is 15.0 Å². The predicted octanol–water partition coefficient (Wildman–Crippen LogP) is 2.50. The fourth-order valence-electron chi connectivity index (χ4n) is 1.80. The molecule has 1 aromatic heterocycles. The quantitative estimate of drug-likeness (QED) is 0.854. The molecule has 0 atom stereocenters. The highest BCUT2D eigenvalue weighted by Crippen LogP contribution is 2.22. The van der Waals surface area contributed by atoms with Gasteiger partial charge in [0, 0.05) is 23.7 Å². The molecule has 0 aliphatic rings. The molecule has 2 N–H and O–H groups in total. The normalized spacial score (nSPS) is 11.6. The SMILES string of the molecule is CCNCc1cc(S(=O)(=O)Nc2nccs2)cc(C)c1F. The standard InChI is InChI=1S/C13H16FN3O2S2/c1-3-15-8-10-7-11(6-9(2)12(10)14)21(18,19)17-13-16-4-5-20-13/h4-7,15H,3,8H2,1-2H3,(H,16,17). The van der Waals surface area contributed by atoms with Gasteiger partial charge >= 0.3 is 0 Å². The Balaban J connectivity index is 2.36. The lowest BCUT2D eigenvalue weighted by molar-refractivity contribution is 0.580. The lowest BCUT2D eigenvalue weighted by atomic mass is 10.1. The highest BCUT2D eigenvalue weighted by molar-refractivity contribution is 7.93. The first-order valence-electron chi connectivity index (χ1n) is 6.36. The molecule has 21 heavy (non-hydrogen) atoms. The van der Waals surface area contributed by atoms with Crippen molar-refractivity contribution in [2.24, 2.45) is 0 Å². The van der Waals surface area contributed by atoms with Gasteiger partial charge in [-0.25, -0.2) is 17.8 Å². The third-order valence-corrected chi connectivity index (χ3v) is 4.97. The number of rotatable bonds is 6. The van der Waals surface area contributed by atoms with Gasteiger partial charge in [-0.05, 0) is 31.2 Å². The minimum atomic E-state index is -3.77. The maximum Gasteiger partial charge on any atom is 0.263 e. The van der Waals surface area contributed by atoms with E-state index in [0.717, 1.165) is 0 Å². The van der Waals surface area contributed by atoms with Crippen molar-refractivity contribution < 1.29 is 12.8 Å². The summed E-state index contributed by atoms with van der Waals surface area (Å²) in [7, 11) is -3.77. The van der Waals surface area contributed by atoms with Gasteiger partial charge in [0.25, 0.3) is 10.0 Å². The summed E-state index contributed by atoms with van der Waals surface area (Å²) >= 11 is 1.18. The van der Waals surface area contributed by atoms with Crippen molar-refractivity contribution in [3.05, 3.63) is 40.7 Å². The van der Waals surface area contributed by atoms with Crippen molar-refractivity contribution in [3.63, 3.8) is 0 Å². The van der Waals surface area contributed by atoms with Gasteiger partial charge in [-0.2, -0.15) is 0 Å². The van der Waals surface area contributed by atoms with Crippen molar-refractivity contribution >= 4 is 26.5 Å². The zero-order valence-electron chi connectivity index (χ0n) is 11.7. The van der Waals surface area contributed by atoms with Crippen LogP contribution in [0.25, 0.3) is 0 Å². The summed E-state index contributed by atoms with van der Waals surface area (Å²) in [5.41, 5.74) is 0.626. The van der Waals surface area contributed by atoms with Gasteiger partial charge in [0.15, 0.2) is 5.13 Å². The molecular formula is C13H16FN3O2S2. The predicted molar refractivity (Wildman–Crippen MR) is 81.4 cm³/mol. The van der Waals surface area contributed by atoms with E-state index in [9.17, 15) is 12.8 Å². The van der Waals surface area contributed by atoms with Gasteiger partial charge in [-0.15, -0.1) is 11.3 Å². The number of hydrogen-bond donors (Lipinski definition) is 2. The molecule has 0 saturated carbocycles. The first kappa shape index (κ1) is 15.9. The molecule has 0 unspecified atom stereocenters. The van der Waals surface area contributed by atoms with Crippen LogP contribution in [0.2, 0.25) is 0 Å². The topological polar surface area (TPSA) is 71.1 Å². The molecule has 5 nitrogen and oxygen atoms in total. The minimum absolute atomic E-state index is 0.0319. The number of nitrogens with zero attached hydrogens (tertiary/aromatic N) is 1.